The van der Waals surface area contributed by atoms with Crippen molar-refractivity contribution in [2.75, 3.05) is 5.75 Å². The van der Waals surface area contributed by atoms with E-state index in [1.165, 1.54) is 23.9 Å². The van der Waals surface area contributed by atoms with Crippen molar-refractivity contribution in [2.45, 2.75) is 30.6 Å². The number of hydrogen-bond acceptors (Lipinski definition) is 2. The number of nitrogens with zero attached hydrogens (tertiary/aromatic N) is 1. The first-order chi connectivity index (χ1) is 17.3. The van der Waals surface area contributed by atoms with Gasteiger partial charge in [0.05, 0.1) is 10.6 Å². The van der Waals surface area contributed by atoms with Crippen LogP contribution in [0.5, 0.6) is 0 Å². The first kappa shape index (κ1) is 22.9. The predicted molar refractivity (Wildman–Crippen MR) is 141 cm³/mol. The molecule has 2 heterocycles. The van der Waals surface area contributed by atoms with Crippen LogP contribution in [0.15, 0.2) is 94.7 Å². The molecule has 4 aromatic carbocycles. The molecule has 0 N–H and O–H groups in total. The maximum Gasteiger partial charge on any atom is 0.416 e. The van der Waals surface area contributed by atoms with E-state index < -0.39 is 11.7 Å². The van der Waals surface area contributed by atoms with Crippen LogP contribution in [0.1, 0.15) is 29.7 Å². The van der Waals surface area contributed by atoms with Crippen molar-refractivity contribution in [1.82, 2.24) is 4.57 Å². The minimum atomic E-state index is -4.45. The molecule has 1 atom stereocenters. The number of fused-ring (bicyclic) bond motifs is 3. The fraction of sp³-hybridized carbons (Fsp3) is 0.167. The van der Waals surface area contributed by atoms with Crippen LogP contribution in [0.2, 0.25) is 0 Å². The summed E-state index contributed by atoms with van der Waals surface area (Å²) in [6.07, 6.45) is -4.01. The second kappa shape index (κ2) is 8.56. The van der Waals surface area contributed by atoms with Crippen LogP contribution >= 0.6 is 11.8 Å². The average molecular weight is 502 g/mol. The van der Waals surface area contributed by atoms with Crippen LogP contribution in [-0.4, -0.2) is 10.3 Å². The SMILES string of the molecule is C[C@@H]1CSc2c(-c3cccc(C(F)(F)F)c3)c(Cc3c4ccccc4cc4ccccc34)cc(=O)n21. The highest BCUT2D eigenvalue weighted by Crippen LogP contribution is 2.43. The Bertz CT molecular complexity index is 1650. The maximum atomic E-state index is 13.6. The fourth-order valence-electron chi connectivity index (χ4n) is 5.27. The fourth-order valence-corrected chi connectivity index (χ4v) is 6.62. The molecule has 1 aliphatic heterocycles. The van der Waals surface area contributed by atoms with E-state index in [9.17, 15) is 18.0 Å². The number of hydrogen-bond donors (Lipinski definition) is 0. The van der Waals surface area contributed by atoms with Gasteiger partial charge in [-0.15, -0.1) is 11.8 Å². The molecule has 0 saturated carbocycles. The first-order valence-electron chi connectivity index (χ1n) is 11.8. The summed E-state index contributed by atoms with van der Waals surface area (Å²) in [6, 6.07) is 25.4. The Morgan fingerprint density at radius 2 is 1.56 bits per heavy atom. The lowest BCUT2D eigenvalue weighted by Gasteiger charge is -2.19. The molecule has 180 valence electrons. The number of thioether (sulfide) groups is 1. The van der Waals surface area contributed by atoms with Crippen molar-refractivity contribution in [1.29, 1.82) is 0 Å². The summed E-state index contributed by atoms with van der Waals surface area (Å²) < 4.78 is 42.6. The van der Waals surface area contributed by atoms with E-state index in [0.29, 0.717) is 23.3 Å². The van der Waals surface area contributed by atoms with Gasteiger partial charge in [0, 0.05) is 23.4 Å². The zero-order valence-electron chi connectivity index (χ0n) is 19.5. The molecule has 0 amide bonds. The molecule has 2 nitrogen and oxygen atoms in total. The maximum absolute atomic E-state index is 13.6. The normalized spacial score (nSPS) is 15.5. The van der Waals surface area contributed by atoms with Crippen molar-refractivity contribution in [3.05, 3.63) is 112 Å². The standard InChI is InChI=1S/C30H22F3NOS/c1-18-17-36-29-28(21-9-6-10-23(14-21)30(31,32)33)22(16-27(35)34(18)29)15-26-24-11-4-2-7-19(24)13-20-8-3-5-12-25(20)26/h2-14,16,18H,15,17H2,1H3/t18-/m1/s1. The third-order valence-electron chi connectivity index (χ3n) is 6.92. The monoisotopic (exact) mass is 501 g/mol. The number of alkyl halides is 3. The van der Waals surface area contributed by atoms with E-state index in [2.05, 4.69) is 30.3 Å². The van der Waals surface area contributed by atoms with Crippen LogP contribution in [0.4, 0.5) is 13.2 Å². The minimum Gasteiger partial charge on any atom is -0.299 e. The Morgan fingerprint density at radius 3 is 2.22 bits per heavy atom. The molecule has 0 bridgehead atoms. The molecule has 6 rings (SSSR count). The second-order valence-corrected chi connectivity index (χ2v) is 10.3. The molecule has 0 unspecified atom stereocenters. The van der Waals surface area contributed by atoms with Crippen LogP contribution in [0.25, 0.3) is 32.7 Å². The molecular weight excluding hydrogens is 479 g/mol. The van der Waals surface area contributed by atoms with E-state index in [0.717, 1.165) is 43.8 Å². The van der Waals surface area contributed by atoms with E-state index in [-0.39, 0.29) is 11.6 Å². The molecule has 1 aliphatic rings. The highest BCUT2D eigenvalue weighted by atomic mass is 32.2. The summed E-state index contributed by atoms with van der Waals surface area (Å²) in [5, 5.41) is 5.08. The Labute approximate surface area is 210 Å². The lowest BCUT2D eigenvalue weighted by Crippen LogP contribution is -2.23. The van der Waals surface area contributed by atoms with Gasteiger partial charge in [0.1, 0.15) is 0 Å². The smallest absolute Gasteiger partial charge is 0.299 e. The van der Waals surface area contributed by atoms with Gasteiger partial charge in [-0.05, 0) is 69.8 Å². The van der Waals surface area contributed by atoms with Gasteiger partial charge in [-0.1, -0.05) is 60.7 Å². The molecule has 0 radical (unpaired) electrons. The van der Waals surface area contributed by atoms with E-state index >= 15 is 0 Å². The molecule has 5 aromatic rings. The van der Waals surface area contributed by atoms with E-state index in [1.54, 1.807) is 16.7 Å². The van der Waals surface area contributed by atoms with Crippen molar-refractivity contribution < 1.29 is 13.2 Å². The molecule has 0 spiro atoms. The summed E-state index contributed by atoms with van der Waals surface area (Å²) in [5.41, 5.74) is 2.20. The van der Waals surface area contributed by atoms with Gasteiger partial charge in [0.15, 0.2) is 0 Å². The van der Waals surface area contributed by atoms with Gasteiger partial charge < -0.3 is 0 Å². The average Bonchev–Trinajstić information content (AvgIpc) is 3.25. The summed E-state index contributed by atoms with van der Waals surface area (Å²) in [5.74, 6) is 0.710. The Morgan fingerprint density at radius 1 is 0.889 bits per heavy atom. The van der Waals surface area contributed by atoms with Crippen LogP contribution in [0.3, 0.4) is 0 Å². The van der Waals surface area contributed by atoms with Crippen LogP contribution in [0, 0.1) is 0 Å². The molecule has 36 heavy (non-hydrogen) atoms. The topological polar surface area (TPSA) is 22.0 Å². The first-order valence-corrected chi connectivity index (χ1v) is 12.8. The molecule has 1 aromatic heterocycles. The lowest BCUT2D eigenvalue weighted by molar-refractivity contribution is -0.137. The molecule has 6 heteroatoms. The van der Waals surface area contributed by atoms with E-state index in [1.807, 2.05) is 31.2 Å². The van der Waals surface area contributed by atoms with Gasteiger partial charge in [0.2, 0.25) is 0 Å². The zero-order chi connectivity index (χ0) is 25.0. The zero-order valence-corrected chi connectivity index (χ0v) is 20.3. The lowest BCUT2D eigenvalue weighted by atomic mass is 9.89. The number of pyridine rings is 1. The molecule has 0 saturated heterocycles. The second-order valence-electron chi connectivity index (χ2n) is 9.27. The highest BCUT2D eigenvalue weighted by Gasteiger charge is 2.32. The van der Waals surface area contributed by atoms with Gasteiger partial charge in [-0.3, -0.25) is 9.36 Å². The van der Waals surface area contributed by atoms with Gasteiger partial charge in [0.25, 0.3) is 5.56 Å². The van der Waals surface area contributed by atoms with E-state index in [4.69, 9.17) is 0 Å². The van der Waals surface area contributed by atoms with Gasteiger partial charge in [-0.2, -0.15) is 13.2 Å². The largest absolute Gasteiger partial charge is 0.416 e. The van der Waals surface area contributed by atoms with Crippen molar-refractivity contribution in [3.63, 3.8) is 0 Å². The van der Waals surface area contributed by atoms with Gasteiger partial charge in [-0.25, -0.2) is 0 Å². The summed E-state index contributed by atoms with van der Waals surface area (Å²) in [6.45, 7) is 1.97. The Hall–Kier alpha value is -3.51. The quantitative estimate of drug-likeness (QED) is 0.233. The number of rotatable bonds is 3. The summed E-state index contributed by atoms with van der Waals surface area (Å²) in [4.78, 5) is 13.2. The summed E-state index contributed by atoms with van der Waals surface area (Å²) in [7, 11) is 0. The van der Waals surface area contributed by atoms with Crippen LogP contribution < -0.4 is 5.56 Å². The Kier molecular flexibility index (Phi) is 5.45. The third kappa shape index (κ3) is 3.80. The minimum absolute atomic E-state index is 0.0190. The van der Waals surface area contributed by atoms with Crippen LogP contribution in [-0.2, 0) is 12.6 Å². The van der Waals surface area contributed by atoms with Crippen molar-refractivity contribution in [2.24, 2.45) is 0 Å². The number of benzene rings is 4. The number of aromatic nitrogens is 1. The molecule has 0 fully saturated rings. The van der Waals surface area contributed by atoms with Gasteiger partial charge >= 0.3 is 6.18 Å². The Balaban J connectivity index is 1.64. The predicted octanol–water partition coefficient (Wildman–Crippen LogP) is 8.10. The number of halogens is 3. The molecular formula is C30H22F3NOS. The molecule has 0 aliphatic carbocycles. The highest BCUT2D eigenvalue weighted by molar-refractivity contribution is 7.99. The third-order valence-corrected chi connectivity index (χ3v) is 8.24. The van der Waals surface area contributed by atoms with Crippen molar-refractivity contribution >= 4 is 33.3 Å². The summed E-state index contributed by atoms with van der Waals surface area (Å²) >= 11 is 1.54. The van der Waals surface area contributed by atoms with Crippen molar-refractivity contribution in [3.8, 4) is 11.1 Å².